The monoisotopic (exact) mass is 435 g/mol. The molecule has 0 spiro atoms. The van der Waals surface area contributed by atoms with Gasteiger partial charge in [-0.25, -0.2) is 0 Å². The summed E-state index contributed by atoms with van der Waals surface area (Å²) in [4.78, 5) is 28.0. The van der Waals surface area contributed by atoms with Crippen molar-refractivity contribution in [2.75, 3.05) is 26.7 Å². The normalized spacial score (nSPS) is 15.2. The fourth-order valence-corrected chi connectivity index (χ4v) is 4.47. The predicted molar refractivity (Wildman–Crippen MR) is 124 cm³/mol. The Labute approximate surface area is 187 Å². The number of benzene rings is 3. The maximum Gasteiger partial charge on any atom is 0.166 e. The number of carbonyl (C=O) groups excluding carboxylic acids is 2. The number of rotatable bonds is 7. The molecule has 1 saturated heterocycles. The lowest BCUT2D eigenvalue weighted by Crippen LogP contribution is -2.37. The molecule has 4 nitrogen and oxygen atoms in total. The second-order valence-electron chi connectivity index (χ2n) is 8.02. The number of piperidine rings is 1. The van der Waals surface area contributed by atoms with E-state index in [0.29, 0.717) is 23.6 Å². The minimum absolute atomic E-state index is 0.0139. The van der Waals surface area contributed by atoms with Gasteiger partial charge in [-0.15, -0.1) is 0 Å². The molecule has 3 aromatic carbocycles. The molecule has 0 radical (unpaired) electrons. The van der Waals surface area contributed by atoms with Crippen LogP contribution < -0.4 is 4.74 Å². The van der Waals surface area contributed by atoms with E-state index < -0.39 is 0 Å². The van der Waals surface area contributed by atoms with Crippen molar-refractivity contribution in [3.05, 3.63) is 76.8 Å². The Bertz CT molecular complexity index is 1090. The smallest absolute Gasteiger partial charge is 0.166 e. The minimum atomic E-state index is 0.0139. The summed E-state index contributed by atoms with van der Waals surface area (Å²) in [7, 11) is 1.65. The number of halogens is 1. The van der Waals surface area contributed by atoms with Crippen molar-refractivity contribution < 1.29 is 14.3 Å². The highest BCUT2D eigenvalue weighted by atomic mass is 35.5. The van der Waals surface area contributed by atoms with Crippen molar-refractivity contribution in [3.63, 3.8) is 0 Å². The summed E-state index contributed by atoms with van der Waals surface area (Å²) in [5.41, 5.74) is 1.47. The molecule has 0 amide bonds. The second kappa shape index (κ2) is 9.63. The summed E-state index contributed by atoms with van der Waals surface area (Å²) in [5, 5.41) is 2.55. The number of hydrogen-bond donors (Lipinski definition) is 0. The van der Waals surface area contributed by atoms with E-state index in [9.17, 15) is 9.59 Å². The lowest BCUT2D eigenvalue weighted by molar-refractivity contribution is 0.0824. The number of ether oxygens (including phenoxy) is 1. The topological polar surface area (TPSA) is 46.6 Å². The first-order valence-electron chi connectivity index (χ1n) is 10.7. The van der Waals surface area contributed by atoms with Gasteiger partial charge in [-0.05, 0) is 67.7 Å². The van der Waals surface area contributed by atoms with E-state index in [1.165, 1.54) is 0 Å². The average Bonchev–Trinajstić information content (AvgIpc) is 2.82. The molecular weight excluding hydrogens is 410 g/mol. The molecule has 4 rings (SSSR count). The molecule has 1 heterocycles. The SMILES string of the molecule is COc1ccc(C(=O)C2CCN(CCC(=O)c3ccc(Cl)cc3)CC2)c2ccccc12. The summed E-state index contributed by atoms with van der Waals surface area (Å²) < 4.78 is 5.45. The molecule has 31 heavy (non-hydrogen) atoms. The van der Waals surface area contributed by atoms with Gasteiger partial charge in [-0.1, -0.05) is 35.9 Å². The number of ketones is 2. The number of Topliss-reactive ketones (excluding diaryl/α,β-unsaturated/α-hetero) is 2. The minimum Gasteiger partial charge on any atom is -0.496 e. The molecule has 0 unspecified atom stereocenters. The molecule has 0 saturated carbocycles. The lowest BCUT2D eigenvalue weighted by Gasteiger charge is -2.31. The quantitative estimate of drug-likeness (QED) is 0.448. The second-order valence-corrected chi connectivity index (χ2v) is 8.46. The van der Waals surface area contributed by atoms with Crippen LogP contribution in [0.3, 0.4) is 0 Å². The van der Waals surface area contributed by atoms with Gasteiger partial charge in [0.25, 0.3) is 0 Å². The number of likely N-dealkylation sites (tertiary alicyclic amines) is 1. The highest BCUT2D eigenvalue weighted by Crippen LogP contribution is 2.31. The van der Waals surface area contributed by atoms with Crippen LogP contribution >= 0.6 is 11.6 Å². The van der Waals surface area contributed by atoms with Gasteiger partial charge in [0.2, 0.25) is 0 Å². The van der Waals surface area contributed by atoms with E-state index in [0.717, 1.165) is 48.0 Å². The van der Waals surface area contributed by atoms with Gasteiger partial charge in [0, 0.05) is 40.4 Å². The predicted octanol–water partition coefficient (Wildman–Crippen LogP) is 5.67. The molecule has 0 atom stereocenters. The maximum absolute atomic E-state index is 13.3. The first kappa shape index (κ1) is 21.5. The fraction of sp³-hybridized carbons (Fsp3) is 0.308. The van der Waals surface area contributed by atoms with E-state index in [2.05, 4.69) is 4.90 Å². The Morgan fingerprint density at radius 3 is 2.32 bits per heavy atom. The van der Waals surface area contributed by atoms with Gasteiger partial charge in [-0.2, -0.15) is 0 Å². The molecule has 0 N–H and O–H groups in total. The number of hydrogen-bond acceptors (Lipinski definition) is 4. The summed E-state index contributed by atoms with van der Waals surface area (Å²) in [6, 6.07) is 18.7. The summed E-state index contributed by atoms with van der Waals surface area (Å²) >= 11 is 5.89. The van der Waals surface area contributed by atoms with E-state index in [1.807, 2.05) is 36.4 Å². The molecule has 1 aliphatic rings. The molecular formula is C26H26ClNO3. The van der Waals surface area contributed by atoms with Crippen LogP contribution in [0.15, 0.2) is 60.7 Å². The van der Waals surface area contributed by atoms with Crippen molar-refractivity contribution in [2.45, 2.75) is 19.3 Å². The third-order valence-electron chi connectivity index (χ3n) is 6.15. The summed E-state index contributed by atoms with van der Waals surface area (Å²) in [5.74, 6) is 1.13. The first-order chi connectivity index (χ1) is 15.1. The summed E-state index contributed by atoms with van der Waals surface area (Å²) in [6.45, 7) is 2.38. The Hall–Kier alpha value is -2.69. The van der Waals surface area contributed by atoms with Gasteiger partial charge in [0.15, 0.2) is 11.6 Å². The molecule has 3 aromatic rings. The van der Waals surface area contributed by atoms with Crippen molar-refractivity contribution in [3.8, 4) is 5.75 Å². The highest BCUT2D eigenvalue weighted by molar-refractivity contribution is 6.30. The van der Waals surface area contributed by atoms with Crippen molar-refractivity contribution >= 4 is 33.9 Å². The maximum atomic E-state index is 13.3. The van der Waals surface area contributed by atoms with Gasteiger partial charge in [0.05, 0.1) is 7.11 Å². The molecule has 160 valence electrons. The van der Waals surface area contributed by atoms with Gasteiger partial charge < -0.3 is 9.64 Å². The number of nitrogens with zero attached hydrogens (tertiary/aromatic N) is 1. The zero-order valence-electron chi connectivity index (χ0n) is 17.6. The van der Waals surface area contributed by atoms with Crippen LogP contribution in [0, 0.1) is 5.92 Å². The first-order valence-corrected chi connectivity index (χ1v) is 11.1. The number of fused-ring (bicyclic) bond motifs is 1. The van der Waals surface area contributed by atoms with Crippen molar-refractivity contribution in [1.29, 1.82) is 0 Å². The van der Waals surface area contributed by atoms with Gasteiger partial charge >= 0.3 is 0 Å². The third kappa shape index (κ3) is 4.81. The standard InChI is InChI=1S/C26H26ClNO3/c1-31-25-11-10-23(21-4-2-3-5-22(21)25)26(30)19-12-15-28(16-13-19)17-14-24(29)18-6-8-20(27)9-7-18/h2-11,19H,12-17H2,1H3. The highest BCUT2D eigenvalue weighted by Gasteiger charge is 2.27. The van der Waals surface area contributed by atoms with E-state index in [-0.39, 0.29) is 17.5 Å². The zero-order valence-corrected chi connectivity index (χ0v) is 18.4. The number of methoxy groups -OCH3 is 1. The van der Waals surface area contributed by atoms with Crippen molar-refractivity contribution in [1.82, 2.24) is 4.90 Å². The molecule has 0 aromatic heterocycles. The molecule has 0 bridgehead atoms. The molecule has 0 aliphatic carbocycles. The van der Waals surface area contributed by atoms with E-state index in [4.69, 9.17) is 16.3 Å². The Morgan fingerprint density at radius 1 is 0.968 bits per heavy atom. The Kier molecular flexibility index (Phi) is 6.69. The van der Waals surface area contributed by atoms with Crippen molar-refractivity contribution in [2.24, 2.45) is 5.92 Å². The van der Waals surface area contributed by atoms with E-state index >= 15 is 0 Å². The van der Waals surface area contributed by atoms with E-state index in [1.54, 1.807) is 31.4 Å². The van der Waals surface area contributed by atoms with Crippen LogP contribution in [-0.4, -0.2) is 43.2 Å². The van der Waals surface area contributed by atoms with Crippen LogP contribution in [0.2, 0.25) is 5.02 Å². The van der Waals surface area contributed by atoms with Gasteiger partial charge in [0.1, 0.15) is 5.75 Å². The van der Waals surface area contributed by atoms with Crippen LogP contribution in [0.4, 0.5) is 0 Å². The Morgan fingerprint density at radius 2 is 1.65 bits per heavy atom. The molecule has 1 fully saturated rings. The average molecular weight is 436 g/mol. The van der Waals surface area contributed by atoms with Crippen LogP contribution in [0.1, 0.15) is 40.0 Å². The summed E-state index contributed by atoms with van der Waals surface area (Å²) in [6.07, 6.45) is 2.10. The largest absolute Gasteiger partial charge is 0.496 e. The molecule has 5 heteroatoms. The lowest BCUT2D eigenvalue weighted by atomic mass is 9.86. The van der Waals surface area contributed by atoms with Crippen LogP contribution in [-0.2, 0) is 0 Å². The zero-order chi connectivity index (χ0) is 21.8. The fourth-order valence-electron chi connectivity index (χ4n) is 4.34. The van der Waals surface area contributed by atoms with Crippen LogP contribution in [0.25, 0.3) is 10.8 Å². The third-order valence-corrected chi connectivity index (χ3v) is 6.40. The van der Waals surface area contributed by atoms with Gasteiger partial charge in [-0.3, -0.25) is 9.59 Å². The van der Waals surface area contributed by atoms with Crippen LogP contribution in [0.5, 0.6) is 5.75 Å². The Balaban J connectivity index is 1.36. The number of carbonyl (C=O) groups is 2. The molecule has 1 aliphatic heterocycles.